The number of carbonyl (C=O) groups is 2. The number of carbonyl (C=O) groups excluding carboxylic acids is 2. The molecular formula is C22H24F3NO3. The summed E-state index contributed by atoms with van der Waals surface area (Å²) in [6.07, 6.45) is 0.528. The molecule has 156 valence electrons. The Hall–Kier alpha value is -2.05. The Morgan fingerprint density at radius 3 is 2.34 bits per heavy atom. The molecule has 29 heavy (non-hydrogen) atoms. The predicted molar refractivity (Wildman–Crippen MR) is 97.8 cm³/mol. The Labute approximate surface area is 167 Å². The molecule has 0 N–H and O–H groups in total. The van der Waals surface area contributed by atoms with Crippen LogP contribution in [0, 0.1) is 16.7 Å². The highest BCUT2D eigenvalue weighted by Crippen LogP contribution is 2.55. The molecule has 0 bridgehead atoms. The van der Waals surface area contributed by atoms with Gasteiger partial charge >= 0.3 is 12.1 Å². The van der Waals surface area contributed by atoms with Gasteiger partial charge in [-0.05, 0) is 55.7 Å². The number of alkyl halides is 3. The molecule has 0 unspecified atom stereocenters. The maximum atomic E-state index is 12.8. The van der Waals surface area contributed by atoms with Crippen LogP contribution in [0.2, 0.25) is 0 Å². The van der Waals surface area contributed by atoms with Crippen LogP contribution in [0.3, 0.4) is 0 Å². The normalized spacial score (nSPS) is 32.9. The van der Waals surface area contributed by atoms with Crippen molar-refractivity contribution < 1.29 is 27.5 Å². The second-order valence-corrected chi connectivity index (χ2v) is 9.70. The fraction of sp³-hybridized carbons (Fsp3) is 0.636. The number of hydrogen-bond donors (Lipinski definition) is 0. The summed E-state index contributed by atoms with van der Waals surface area (Å²) >= 11 is 0. The van der Waals surface area contributed by atoms with Crippen molar-refractivity contribution in [1.29, 1.82) is 0 Å². The van der Waals surface area contributed by atoms with Gasteiger partial charge < -0.3 is 9.64 Å². The van der Waals surface area contributed by atoms with Crippen molar-refractivity contribution in [2.24, 2.45) is 16.7 Å². The summed E-state index contributed by atoms with van der Waals surface area (Å²) in [4.78, 5) is 26.0. The lowest BCUT2D eigenvalue weighted by Crippen LogP contribution is -2.60. The fourth-order valence-electron chi connectivity index (χ4n) is 5.96. The lowest BCUT2D eigenvalue weighted by atomic mass is 9.60. The number of halogens is 3. The Morgan fingerprint density at radius 2 is 1.76 bits per heavy atom. The molecule has 1 atom stereocenters. The number of rotatable bonds is 2. The fourth-order valence-corrected chi connectivity index (χ4v) is 5.96. The van der Waals surface area contributed by atoms with Crippen LogP contribution in [0.1, 0.15) is 55.6 Å². The van der Waals surface area contributed by atoms with Crippen molar-refractivity contribution in [3.8, 4) is 0 Å². The lowest BCUT2D eigenvalue weighted by molar-refractivity contribution is -0.155. The third-order valence-corrected chi connectivity index (χ3v) is 7.54. The quantitative estimate of drug-likeness (QED) is 0.692. The van der Waals surface area contributed by atoms with Gasteiger partial charge in [-0.1, -0.05) is 12.1 Å². The largest absolute Gasteiger partial charge is 0.465 e. The van der Waals surface area contributed by atoms with Crippen LogP contribution in [0.4, 0.5) is 13.2 Å². The molecule has 2 aliphatic heterocycles. The monoisotopic (exact) mass is 407 g/mol. The zero-order valence-corrected chi connectivity index (χ0v) is 16.1. The summed E-state index contributed by atoms with van der Waals surface area (Å²) in [5.74, 6) is 0.315. The second kappa shape index (κ2) is 6.22. The first kappa shape index (κ1) is 18.9. The summed E-state index contributed by atoms with van der Waals surface area (Å²) < 4.78 is 43.3. The number of ether oxygens (including phenoxy) is 1. The third kappa shape index (κ3) is 3.22. The van der Waals surface area contributed by atoms with Crippen LogP contribution in [0.5, 0.6) is 0 Å². The van der Waals surface area contributed by atoms with E-state index in [2.05, 4.69) is 0 Å². The average Bonchev–Trinajstić information content (AvgIpc) is 3.22. The SMILES string of the molecule is O=C1CC2(CO1)CC(C(=O)N1CC3(CC[C@H](c4ccc(C(F)(F)F)cc4)C3)C1)C2. The molecule has 1 aromatic carbocycles. The van der Waals surface area contributed by atoms with Crippen molar-refractivity contribution >= 4 is 11.9 Å². The molecule has 4 aliphatic rings. The standard InChI is InChI=1S/C22H24F3NO3/c23-22(24,25)17-3-1-14(2-4-17)15-5-6-20(7-15)11-26(12-20)19(28)16-8-21(9-16)10-18(27)29-13-21/h1-4,15-16H,5-13H2/t15-,16?,21?/m0/s1. The van der Waals surface area contributed by atoms with Gasteiger partial charge in [0.15, 0.2) is 0 Å². The van der Waals surface area contributed by atoms with Crippen LogP contribution >= 0.6 is 0 Å². The van der Waals surface area contributed by atoms with Gasteiger partial charge in [0.25, 0.3) is 0 Å². The predicted octanol–water partition coefficient (Wildman–Crippen LogP) is 4.14. The van der Waals surface area contributed by atoms with Crippen molar-refractivity contribution in [1.82, 2.24) is 4.90 Å². The highest BCUT2D eigenvalue weighted by atomic mass is 19.4. The number of nitrogens with zero attached hydrogens (tertiary/aromatic N) is 1. The minimum Gasteiger partial charge on any atom is -0.465 e. The molecule has 2 spiro atoms. The van der Waals surface area contributed by atoms with Gasteiger partial charge in [0.1, 0.15) is 0 Å². The summed E-state index contributed by atoms with van der Waals surface area (Å²) in [6, 6.07) is 5.54. The van der Waals surface area contributed by atoms with E-state index in [9.17, 15) is 22.8 Å². The van der Waals surface area contributed by atoms with E-state index < -0.39 is 11.7 Å². The van der Waals surface area contributed by atoms with E-state index in [1.165, 1.54) is 12.1 Å². The van der Waals surface area contributed by atoms with Crippen molar-refractivity contribution in [2.45, 2.75) is 50.6 Å². The average molecular weight is 407 g/mol. The summed E-state index contributed by atoms with van der Waals surface area (Å²) in [5, 5.41) is 0. The van der Waals surface area contributed by atoms with Crippen molar-refractivity contribution in [2.75, 3.05) is 19.7 Å². The molecule has 0 aromatic heterocycles. The molecule has 2 saturated carbocycles. The number of hydrogen-bond acceptors (Lipinski definition) is 3. The summed E-state index contributed by atoms with van der Waals surface area (Å²) in [7, 11) is 0. The van der Waals surface area contributed by atoms with Crippen LogP contribution in [0.15, 0.2) is 24.3 Å². The lowest BCUT2D eigenvalue weighted by Gasteiger charge is -2.52. The molecule has 2 saturated heterocycles. The van der Waals surface area contributed by atoms with Crippen molar-refractivity contribution in [3.63, 3.8) is 0 Å². The molecule has 4 nitrogen and oxygen atoms in total. The highest BCUT2D eigenvalue weighted by Gasteiger charge is 2.56. The second-order valence-electron chi connectivity index (χ2n) is 9.70. The van der Waals surface area contributed by atoms with E-state index >= 15 is 0 Å². The minimum absolute atomic E-state index is 0.00830. The van der Waals surface area contributed by atoms with Crippen LogP contribution in [0.25, 0.3) is 0 Å². The Morgan fingerprint density at radius 1 is 1.07 bits per heavy atom. The Bertz CT molecular complexity index is 836. The zero-order valence-electron chi connectivity index (χ0n) is 16.1. The van der Waals surface area contributed by atoms with E-state index in [0.717, 1.165) is 50.8 Å². The van der Waals surface area contributed by atoms with E-state index in [0.29, 0.717) is 13.0 Å². The first-order valence-corrected chi connectivity index (χ1v) is 10.3. The highest BCUT2D eigenvalue weighted by molar-refractivity contribution is 5.82. The number of esters is 1. The maximum Gasteiger partial charge on any atom is 0.416 e. The topological polar surface area (TPSA) is 46.6 Å². The van der Waals surface area contributed by atoms with Crippen molar-refractivity contribution in [3.05, 3.63) is 35.4 Å². The van der Waals surface area contributed by atoms with Crippen LogP contribution in [-0.4, -0.2) is 36.5 Å². The number of likely N-dealkylation sites (tertiary alicyclic amines) is 1. The summed E-state index contributed by atoms with van der Waals surface area (Å²) in [5.41, 5.74) is 0.381. The molecule has 2 heterocycles. The Kier molecular flexibility index (Phi) is 4.07. The van der Waals surface area contributed by atoms with E-state index in [4.69, 9.17) is 4.74 Å². The number of amides is 1. The van der Waals surface area contributed by atoms with Gasteiger partial charge in [0.05, 0.1) is 18.6 Å². The summed E-state index contributed by atoms with van der Waals surface area (Å²) in [6.45, 7) is 1.96. The van der Waals surface area contributed by atoms with Gasteiger partial charge in [-0.2, -0.15) is 13.2 Å². The molecule has 0 radical (unpaired) electrons. The molecule has 5 rings (SSSR count). The minimum atomic E-state index is -4.30. The smallest absolute Gasteiger partial charge is 0.416 e. The van der Waals surface area contributed by atoms with Gasteiger partial charge in [-0.3, -0.25) is 9.59 Å². The molecule has 7 heteroatoms. The Balaban J connectivity index is 1.14. The molecule has 2 aliphatic carbocycles. The van der Waals surface area contributed by atoms with Gasteiger partial charge in [-0.15, -0.1) is 0 Å². The first-order valence-electron chi connectivity index (χ1n) is 10.3. The third-order valence-electron chi connectivity index (χ3n) is 7.54. The van der Waals surface area contributed by atoms with E-state index in [-0.39, 0.29) is 34.5 Å². The molecule has 1 aromatic rings. The zero-order chi connectivity index (χ0) is 20.4. The van der Waals surface area contributed by atoms with Crippen LogP contribution in [-0.2, 0) is 20.5 Å². The molecule has 4 fully saturated rings. The van der Waals surface area contributed by atoms with Gasteiger partial charge in [0.2, 0.25) is 5.91 Å². The van der Waals surface area contributed by atoms with E-state index in [1.54, 1.807) is 12.1 Å². The maximum absolute atomic E-state index is 12.8. The first-order chi connectivity index (χ1) is 13.7. The van der Waals surface area contributed by atoms with E-state index in [1.807, 2.05) is 4.90 Å². The molecular weight excluding hydrogens is 383 g/mol. The van der Waals surface area contributed by atoms with Gasteiger partial charge in [0, 0.05) is 29.8 Å². The number of benzene rings is 1. The number of cyclic esters (lactones) is 1. The molecule has 1 amide bonds. The van der Waals surface area contributed by atoms with Gasteiger partial charge in [-0.25, -0.2) is 0 Å². The van der Waals surface area contributed by atoms with Crippen LogP contribution < -0.4 is 0 Å².